The van der Waals surface area contributed by atoms with Crippen molar-refractivity contribution in [3.05, 3.63) is 0 Å². The van der Waals surface area contributed by atoms with Gasteiger partial charge < -0.3 is 0 Å². The van der Waals surface area contributed by atoms with Gasteiger partial charge in [0.1, 0.15) is 5.78 Å². The first-order valence-corrected chi connectivity index (χ1v) is 5.09. The molecule has 1 rings (SSSR count). The van der Waals surface area contributed by atoms with Crippen molar-refractivity contribution in [3.63, 3.8) is 0 Å². The first-order chi connectivity index (χ1) is 4.70. The van der Waals surface area contributed by atoms with Crippen molar-refractivity contribution < 1.29 is 4.79 Å². The van der Waals surface area contributed by atoms with Crippen LogP contribution in [-0.2, 0) is 4.79 Å². The van der Waals surface area contributed by atoms with Gasteiger partial charge in [0.05, 0.1) is 0 Å². The van der Waals surface area contributed by atoms with Gasteiger partial charge in [-0.2, -0.15) is 0 Å². The number of alkyl halides is 1. The number of hydrogen-bond donors (Lipinski definition) is 0. The molecule has 1 aliphatic carbocycles. The third-order valence-corrected chi connectivity index (χ3v) is 3.48. The largest absolute Gasteiger partial charge is 0.300 e. The summed E-state index contributed by atoms with van der Waals surface area (Å²) in [5, 5.41) is 0. The van der Waals surface area contributed by atoms with Crippen molar-refractivity contribution in [1.29, 1.82) is 0 Å². The van der Waals surface area contributed by atoms with Crippen LogP contribution in [0.3, 0.4) is 0 Å². The van der Waals surface area contributed by atoms with E-state index in [1.165, 1.54) is 12.8 Å². The number of ketones is 1. The molecule has 0 radical (unpaired) electrons. The lowest BCUT2D eigenvalue weighted by Gasteiger charge is -2.22. The van der Waals surface area contributed by atoms with E-state index in [0.29, 0.717) is 11.7 Å². The summed E-state index contributed by atoms with van der Waals surface area (Å²) in [6.45, 7) is 1.72. The summed E-state index contributed by atoms with van der Waals surface area (Å²) in [6.07, 6.45) is 4.74. The van der Waals surface area contributed by atoms with Crippen LogP contribution in [-0.4, -0.2) is 9.71 Å². The minimum atomic E-state index is 0.392. The summed E-state index contributed by atoms with van der Waals surface area (Å²) >= 11 is 2.48. The van der Waals surface area contributed by atoms with E-state index in [4.69, 9.17) is 0 Å². The van der Waals surface area contributed by atoms with E-state index in [9.17, 15) is 4.79 Å². The minimum Gasteiger partial charge on any atom is -0.300 e. The van der Waals surface area contributed by atoms with Crippen molar-refractivity contribution in [1.82, 2.24) is 0 Å². The summed E-state index contributed by atoms with van der Waals surface area (Å²) in [7, 11) is 0. The molecule has 1 aliphatic rings. The number of hydrogen-bond acceptors (Lipinski definition) is 1. The van der Waals surface area contributed by atoms with Crippen LogP contribution in [0.25, 0.3) is 0 Å². The molecule has 0 aromatic carbocycles. The molecule has 0 unspecified atom stereocenters. The maximum Gasteiger partial charge on any atom is 0.132 e. The van der Waals surface area contributed by atoms with Crippen LogP contribution < -0.4 is 0 Å². The van der Waals surface area contributed by atoms with E-state index in [1.807, 2.05) is 0 Å². The summed E-state index contributed by atoms with van der Waals surface area (Å²) in [4.78, 5) is 10.9. The van der Waals surface area contributed by atoms with Gasteiger partial charge in [0.15, 0.2) is 0 Å². The first-order valence-electron chi connectivity index (χ1n) is 3.84. The number of halogens is 1. The maximum atomic E-state index is 10.9. The lowest BCUT2D eigenvalue weighted by molar-refractivity contribution is -0.121. The SMILES string of the molecule is CC(=O)[C@H]1CC[C@H](I)CC1. The van der Waals surface area contributed by atoms with Gasteiger partial charge in [-0.05, 0) is 32.6 Å². The Balaban J connectivity index is 2.33. The molecule has 2 heteroatoms. The molecule has 10 heavy (non-hydrogen) atoms. The lowest BCUT2D eigenvalue weighted by Crippen LogP contribution is -2.19. The van der Waals surface area contributed by atoms with Gasteiger partial charge in [-0.15, -0.1) is 0 Å². The van der Waals surface area contributed by atoms with E-state index in [0.717, 1.165) is 16.8 Å². The van der Waals surface area contributed by atoms with Crippen LogP contribution in [0, 0.1) is 5.92 Å². The average molecular weight is 252 g/mol. The van der Waals surface area contributed by atoms with Gasteiger partial charge >= 0.3 is 0 Å². The highest BCUT2D eigenvalue weighted by Crippen LogP contribution is 2.29. The monoisotopic (exact) mass is 252 g/mol. The van der Waals surface area contributed by atoms with Crippen molar-refractivity contribution in [2.75, 3.05) is 0 Å². The Kier molecular flexibility index (Phi) is 3.14. The fourth-order valence-corrected chi connectivity index (χ4v) is 2.18. The van der Waals surface area contributed by atoms with Crippen molar-refractivity contribution >= 4 is 28.4 Å². The highest BCUT2D eigenvalue weighted by atomic mass is 127. The Morgan fingerprint density at radius 3 is 2.20 bits per heavy atom. The summed E-state index contributed by atoms with van der Waals surface area (Å²) in [5.41, 5.74) is 0. The van der Waals surface area contributed by atoms with E-state index >= 15 is 0 Å². The van der Waals surface area contributed by atoms with Gasteiger partial charge in [0.2, 0.25) is 0 Å². The number of rotatable bonds is 1. The molecule has 0 saturated heterocycles. The Morgan fingerprint density at radius 2 is 1.80 bits per heavy atom. The summed E-state index contributed by atoms with van der Waals surface area (Å²) in [6, 6.07) is 0. The second kappa shape index (κ2) is 3.69. The number of carbonyl (C=O) groups is 1. The highest BCUT2D eigenvalue weighted by molar-refractivity contribution is 14.1. The Morgan fingerprint density at radius 1 is 1.30 bits per heavy atom. The van der Waals surface area contributed by atoms with Crippen molar-refractivity contribution in [2.24, 2.45) is 5.92 Å². The normalized spacial score (nSPS) is 33.8. The number of carbonyl (C=O) groups excluding carboxylic acids is 1. The van der Waals surface area contributed by atoms with Crippen LogP contribution in [0.2, 0.25) is 0 Å². The van der Waals surface area contributed by atoms with Gasteiger partial charge in [-0.1, -0.05) is 22.6 Å². The standard InChI is InChI=1S/C8H13IO/c1-6(10)7-2-4-8(9)5-3-7/h7-8H,2-5H2,1H3/t7-,8-. The van der Waals surface area contributed by atoms with E-state index in [-0.39, 0.29) is 0 Å². The van der Waals surface area contributed by atoms with E-state index in [2.05, 4.69) is 22.6 Å². The Labute approximate surface area is 75.7 Å². The molecule has 0 atom stereocenters. The fraction of sp³-hybridized carbons (Fsp3) is 0.875. The van der Waals surface area contributed by atoms with Gasteiger partial charge in [0, 0.05) is 9.84 Å². The molecular formula is C8H13IO. The van der Waals surface area contributed by atoms with Crippen LogP contribution in [0.5, 0.6) is 0 Å². The zero-order valence-electron chi connectivity index (χ0n) is 6.27. The molecule has 58 valence electrons. The van der Waals surface area contributed by atoms with Crippen LogP contribution in [0.4, 0.5) is 0 Å². The molecule has 0 amide bonds. The van der Waals surface area contributed by atoms with Crippen LogP contribution in [0.1, 0.15) is 32.6 Å². The average Bonchev–Trinajstić information content (AvgIpc) is 1.88. The molecular weight excluding hydrogens is 239 g/mol. The number of Topliss-reactive ketones (excluding diaryl/α,β-unsaturated/α-hetero) is 1. The third-order valence-electron chi connectivity index (χ3n) is 2.23. The molecule has 0 aromatic heterocycles. The second-order valence-electron chi connectivity index (χ2n) is 3.06. The zero-order valence-corrected chi connectivity index (χ0v) is 8.43. The summed E-state index contributed by atoms with van der Waals surface area (Å²) < 4.78 is 0.827. The predicted molar refractivity (Wildman–Crippen MR) is 50.4 cm³/mol. The molecule has 0 aromatic rings. The van der Waals surface area contributed by atoms with Crippen LogP contribution in [0.15, 0.2) is 0 Å². The zero-order chi connectivity index (χ0) is 7.56. The quantitative estimate of drug-likeness (QED) is 0.517. The van der Waals surface area contributed by atoms with E-state index in [1.54, 1.807) is 6.92 Å². The van der Waals surface area contributed by atoms with Crippen molar-refractivity contribution in [2.45, 2.75) is 36.5 Å². The molecule has 0 spiro atoms. The van der Waals surface area contributed by atoms with Crippen LogP contribution >= 0.6 is 22.6 Å². The predicted octanol–water partition coefficient (Wildman–Crippen LogP) is 2.57. The minimum absolute atomic E-state index is 0.392. The molecule has 0 N–H and O–H groups in total. The Hall–Kier alpha value is 0.400. The molecule has 1 fully saturated rings. The molecule has 1 nitrogen and oxygen atoms in total. The topological polar surface area (TPSA) is 17.1 Å². The first kappa shape index (κ1) is 8.50. The third kappa shape index (κ3) is 2.22. The lowest BCUT2D eigenvalue weighted by atomic mass is 9.87. The molecule has 0 bridgehead atoms. The maximum absolute atomic E-state index is 10.9. The van der Waals surface area contributed by atoms with Gasteiger partial charge in [0.25, 0.3) is 0 Å². The van der Waals surface area contributed by atoms with Gasteiger partial charge in [-0.3, -0.25) is 4.79 Å². The Bertz CT molecular complexity index is 125. The smallest absolute Gasteiger partial charge is 0.132 e. The fourth-order valence-electron chi connectivity index (χ4n) is 1.46. The highest BCUT2D eigenvalue weighted by Gasteiger charge is 2.21. The molecule has 0 heterocycles. The molecule has 1 saturated carbocycles. The van der Waals surface area contributed by atoms with E-state index < -0.39 is 0 Å². The summed E-state index contributed by atoms with van der Waals surface area (Å²) in [5.74, 6) is 0.786. The second-order valence-corrected chi connectivity index (χ2v) is 4.82. The molecule has 0 aliphatic heterocycles. The van der Waals surface area contributed by atoms with Crippen molar-refractivity contribution in [3.8, 4) is 0 Å². The van der Waals surface area contributed by atoms with Gasteiger partial charge in [-0.25, -0.2) is 0 Å².